The second-order valence-electron chi connectivity index (χ2n) is 5.44. The molecule has 0 spiro atoms. The highest BCUT2D eigenvalue weighted by atomic mass is 32.2. The molecule has 1 unspecified atom stereocenters. The molecule has 20 heavy (non-hydrogen) atoms. The Morgan fingerprint density at radius 3 is 3.05 bits per heavy atom. The van der Waals surface area contributed by atoms with Gasteiger partial charge in [0.15, 0.2) is 0 Å². The van der Waals surface area contributed by atoms with E-state index in [0.29, 0.717) is 17.7 Å². The summed E-state index contributed by atoms with van der Waals surface area (Å²) in [5.74, 6) is 1.66. The lowest BCUT2D eigenvalue weighted by Crippen LogP contribution is -2.48. The molecule has 112 valence electrons. The number of nitrogens with one attached hydrogen (secondary N) is 1. The maximum Gasteiger partial charge on any atom is 0.317 e. The summed E-state index contributed by atoms with van der Waals surface area (Å²) < 4.78 is 0. The highest BCUT2D eigenvalue weighted by Crippen LogP contribution is 2.24. The lowest BCUT2D eigenvalue weighted by atomic mass is 10.1. The van der Waals surface area contributed by atoms with E-state index in [0.717, 1.165) is 36.0 Å². The van der Waals surface area contributed by atoms with Crippen LogP contribution in [0.5, 0.6) is 0 Å². The van der Waals surface area contributed by atoms with Crippen LogP contribution in [0.15, 0.2) is 5.38 Å². The Bertz CT molecular complexity index is 447. The summed E-state index contributed by atoms with van der Waals surface area (Å²) in [4.78, 5) is 18.5. The summed E-state index contributed by atoms with van der Waals surface area (Å²) in [6, 6.07) is 0.0721. The largest absolute Gasteiger partial charge is 0.338 e. The number of nitrogens with zero attached hydrogens (tertiary/aromatic N) is 2. The summed E-state index contributed by atoms with van der Waals surface area (Å²) in [5.41, 5.74) is 1.07. The molecule has 0 aliphatic carbocycles. The van der Waals surface area contributed by atoms with Crippen molar-refractivity contribution in [2.45, 2.75) is 32.4 Å². The molecule has 1 aromatic rings. The number of hydrogen-bond acceptors (Lipinski definition) is 4. The zero-order valence-electron chi connectivity index (χ0n) is 12.4. The number of carbonyl (C=O) groups is 1. The molecule has 0 saturated carbocycles. The third-order valence-corrected chi connectivity index (χ3v) is 5.81. The van der Waals surface area contributed by atoms with E-state index < -0.39 is 0 Å². The zero-order valence-corrected chi connectivity index (χ0v) is 14.0. The normalized spacial score (nSPS) is 19.4. The second kappa shape index (κ2) is 7.31. The summed E-state index contributed by atoms with van der Waals surface area (Å²) in [6.45, 7) is 8.84. The van der Waals surface area contributed by atoms with Crippen LogP contribution in [0.1, 0.15) is 24.5 Å². The minimum Gasteiger partial charge on any atom is -0.338 e. The number of carbonyl (C=O) groups excluding carboxylic acids is 1. The third kappa shape index (κ3) is 4.38. The molecule has 0 bridgehead atoms. The second-order valence-corrected chi connectivity index (χ2v) is 7.85. The van der Waals surface area contributed by atoms with Gasteiger partial charge in [-0.3, -0.25) is 0 Å². The van der Waals surface area contributed by atoms with Crippen LogP contribution in [0, 0.1) is 12.8 Å². The molecule has 1 aliphatic heterocycles. The molecule has 2 heterocycles. The molecule has 1 fully saturated rings. The molecule has 0 radical (unpaired) electrons. The van der Waals surface area contributed by atoms with Crippen LogP contribution in [0.25, 0.3) is 0 Å². The highest BCUT2D eigenvalue weighted by molar-refractivity contribution is 8.00. The molecule has 1 aromatic heterocycles. The van der Waals surface area contributed by atoms with Gasteiger partial charge in [-0.05, 0) is 12.8 Å². The summed E-state index contributed by atoms with van der Waals surface area (Å²) in [6.07, 6.45) is 0.812. The highest BCUT2D eigenvalue weighted by Gasteiger charge is 2.25. The molecule has 0 aromatic carbocycles. The van der Waals surface area contributed by atoms with Crippen LogP contribution >= 0.6 is 23.1 Å². The van der Waals surface area contributed by atoms with Crippen LogP contribution in [0.4, 0.5) is 4.79 Å². The van der Waals surface area contributed by atoms with E-state index in [1.807, 2.05) is 23.6 Å². The van der Waals surface area contributed by atoms with Gasteiger partial charge < -0.3 is 10.2 Å². The predicted molar refractivity (Wildman–Crippen MR) is 86.6 cm³/mol. The number of urea groups is 1. The molecular weight excluding hydrogens is 290 g/mol. The van der Waals surface area contributed by atoms with Gasteiger partial charge >= 0.3 is 6.03 Å². The van der Waals surface area contributed by atoms with Crippen molar-refractivity contribution in [2.24, 2.45) is 5.92 Å². The summed E-state index contributed by atoms with van der Waals surface area (Å²) in [5, 5.41) is 6.72. The Morgan fingerprint density at radius 2 is 2.40 bits per heavy atom. The molecule has 1 N–H and O–H groups in total. The Hall–Kier alpha value is -0.750. The Kier molecular flexibility index (Phi) is 5.72. The molecule has 1 saturated heterocycles. The maximum absolute atomic E-state index is 12.1. The van der Waals surface area contributed by atoms with Gasteiger partial charge in [0.1, 0.15) is 0 Å². The average molecular weight is 313 g/mol. The van der Waals surface area contributed by atoms with Crippen LogP contribution < -0.4 is 5.32 Å². The van der Waals surface area contributed by atoms with Crippen molar-refractivity contribution >= 4 is 29.1 Å². The monoisotopic (exact) mass is 313 g/mol. The van der Waals surface area contributed by atoms with Gasteiger partial charge in [-0.25, -0.2) is 9.78 Å². The Morgan fingerprint density at radius 1 is 1.60 bits per heavy atom. The topological polar surface area (TPSA) is 45.2 Å². The van der Waals surface area contributed by atoms with Crippen molar-refractivity contribution in [2.75, 3.05) is 25.4 Å². The number of amides is 2. The maximum atomic E-state index is 12.1. The smallest absolute Gasteiger partial charge is 0.317 e. The fraction of sp³-hybridized carbons (Fsp3) is 0.714. The fourth-order valence-corrected chi connectivity index (χ4v) is 4.14. The van der Waals surface area contributed by atoms with Crippen LogP contribution in [-0.2, 0) is 6.42 Å². The van der Waals surface area contributed by atoms with E-state index in [2.05, 4.69) is 29.5 Å². The average Bonchev–Trinajstić information content (AvgIpc) is 2.84. The molecular formula is C14H23N3OS2. The van der Waals surface area contributed by atoms with Gasteiger partial charge in [0, 0.05) is 42.4 Å². The van der Waals surface area contributed by atoms with E-state index >= 15 is 0 Å². The SMILES string of the molecule is Cc1nc(CCNC(=O)N2CCSC(C(C)C)C2)cs1. The number of aryl methyl sites for hydroxylation is 1. The van der Waals surface area contributed by atoms with E-state index in [1.54, 1.807) is 11.3 Å². The fourth-order valence-electron chi connectivity index (χ4n) is 2.20. The number of hydrogen-bond donors (Lipinski definition) is 1. The van der Waals surface area contributed by atoms with Gasteiger partial charge in [0.05, 0.1) is 10.7 Å². The lowest BCUT2D eigenvalue weighted by molar-refractivity contribution is 0.197. The first-order chi connectivity index (χ1) is 9.56. The van der Waals surface area contributed by atoms with Crippen molar-refractivity contribution in [3.8, 4) is 0 Å². The number of aromatic nitrogens is 1. The Labute approximate surface area is 129 Å². The van der Waals surface area contributed by atoms with Crippen LogP contribution in [0.2, 0.25) is 0 Å². The van der Waals surface area contributed by atoms with Crippen LogP contribution in [-0.4, -0.2) is 46.6 Å². The van der Waals surface area contributed by atoms with Gasteiger partial charge in [-0.15, -0.1) is 11.3 Å². The first-order valence-electron chi connectivity index (χ1n) is 7.11. The summed E-state index contributed by atoms with van der Waals surface area (Å²) in [7, 11) is 0. The van der Waals surface area contributed by atoms with Gasteiger partial charge in [-0.1, -0.05) is 13.8 Å². The quantitative estimate of drug-likeness (QED) is 0.929. The van der Waals surface area contributed by atoms with Crippen molar-refractivity contribution in [3.05, 3.63) is 16.1 Å². The van der Waals surface area contributed by atoms with Crippen molar-refractivity contribution in [3.63, 3.8) is 0 Å². The molecule has 1 aliphatic rings. The predicted octanol–water partition coefficient (Wildman–Crippen LogP) is 2.78. The molecule has 2 amide bonds. The first-order valence-corrected chi connectivity index (χ1v) is 9.04. The molecule has 6 heteroatoms. The standard InChI is InChI=1S/C14H23N3OS2/c1-10(2)13-8-17(6-7-19-13)14(18)15-5-4-12-9-20-11(3)16-12/h9-10,13H,4-8H2,1-3H3,(H,15,18). The zero-order chi connectivity index (χ0) is 14.5. The Balaban J connectivity index is 1.74. The number of thiazole rings is 1. The third-order valence-electron chi connectivity index (χ3n) is 3.45. The molecule has 1 atom stereocenters. The molecule has 2 rings (SSSR count). The minimum absolute atomic E-state index is 0.0721. The van der Waals surface area contributed by atoms with Gasteiger partial charge in [0.25, 0.3) is 0 Å². The lowest BCUT2D eigenvalue weighted by Gasteiger charge is -2.34. The van der Waals surface area contributed by atoms with E-state index in [9.17, 15) is 4.79 Å². The summed E-state index contributed by atoms with van der Waals surface area (Å²) >= 11 is 3.64. The first kappa shape index (κ1) is 15.6. The van der Waals surface area contributed by atoms with E-state index in [-0.39, 0.29) is 6.03 Å². The van der Waals surface area contributed by atoms with Crippen molar-refractivity contribution in [1.29, 1.82) is 0 Å². The van der Waals surface area contributed by atoms with Crippen LogP contribution in [0.3, 0.4) is 0 Å². The van der Waals surface area contributed by atoms with Gasteiger partial charge in [0.2, 0.25) is 0 Å². The van der Waals surface area contributed by atoms with E-state index in [1.165, 1.54) is 0 Å². The van der Waals surface area contributed by atoms with Gasteiger partial charge in [-0.2, -0.15) is 11.8 Å². The van der Waals surface area contributed by atoms with Crippen molar-refractivity contribution in [1.82, 2.24) is 15.2 Å². The van der Waals surface area contributed by atoms with E-state index in [4.69, 9.17) is 0 Å². The minimum atomic E-state index is 0.0721. The van der Waals surface area contributed by atoms with Crippen molar-refractivity contribution < 1.29 is 4.79 Å². The molecule has 4 nitrogen and oxygen atoms in total. The number of thioether (sulfide) groups is 1. The number of rotatable bonds is 4.